The van der Waals surface area contributed by atoms with Crippen LogP contribution in [-0.4, -0.2) is 35.4 Å². The first kappa shape index (κ1) is 16.5. The number of rotatable bonds is 5. The number of ether oxygens (including phenoxy) is 1. The van der Waals surface area contributed by atoms with Gasteiger partial charge in [-0.3, -0.25) is 14.4 Å². The SMILES string of the molecule is CCOC(=O)CS[C@@H]1CC(=O)N(c2c(C)cccc2C)C1=O. The van der Waals surface area contributed by atoms with Gasteiger partial charge in [0.25, 0.3) is 0 Å². The van der Waals surface area contributed by atoms with E-state index in [0.717, 1.165) is 11.1 Å². The molecule has 1 aliphatic heterocycles. The molecule has 0 radical (unpaired) electrons. The molecule has 0 aromatic heterocycles. The number of hydrogen-bond donors (Lipinski definition) is 0. The van der Waals surface area contributed by atoms with Crippen molar-refractivity contribution in [3.8, 4) is 0 Å². The first-order valence-electron chi connectivity index (χ1n) is 7.16. The lowest BCUT2D eigenvalue weighted by molar-refractivity contribution is -0.139. The smallest absolute Gasteiger partial charge is 0.315 e. The lowest BCUT2D eigenvalue weighted by Gasteiger charge is -2.19. The van der Waals surface area contributed by atoms with Crippen LogP contribution in [0, 0.1) is 13.8 Å². The zero-order chi connectivity index (χ0) is 16.3. The fraction of sp³-hybridized carbons (Fsp3) is 0.438. The number of esters is 1. The fourth-order valence-corrected chi connectivity index (χ4v) is 3.43. The number of nitrogens with zero attached hydrogens (tertiary/aromatic N) is 1. The number of amides is 2. The average molecular weight is 321 g/mol. The molecule has 6 heteroatoms. The van der Waals surface area contributed by atoms with Crippen molar-refractivity contribution in [1.82, 2.24) is 0 Å². The van der Waals surface area contributed by atoms with Gasteiger partial charge in [0.05, 0.1) is 23.3 Å². The van der Waals surface area contributed by atoms with Crippen LogP contribution in [-0.2, 0) is 19.1 Å². The second kappa shape index (κ2) is 6.96. The van der Waals surface area contributed by atoms with E-state index >= 15 is 0 Å². The van der Waals surface area contributed by atoms with E-state index in [0.29, 0.717) is 12.3 Å². The fourth-order valence-electron chi connectivity index (χ4n) is 2.50. The third kappa shape index (κ3) is 3.32. The standard InChI is InChI=1S/C16H19NO4S/c1-4-21-14(19)9-22-12-8-13(18)17(16(12)20)15-10(2)6-5-7-11(15)3/h5-7,12H,4,8-9H2,1-3H3/t12-/m1/s1. The van der Waals surface area contributed by atoms with E-state index in [-0.39, 0.29) is 30.0 Å². The molecule has 1 aromatic carbocycles. The largest absolute Gasteiger partial charge is 0.465 e. The van der Waals surface area contributed by atoms with E-state index in [9.17, 15) is 14.4 Å². The topological polar surface area (TPSA) is 63.7 Å². The minimum absolute atomic E-state index is 0.0815. The van der Waals surface area contributed by atoms with Crippen LogP contribution in [0.3, 0.4) is 0 Å². The van der Waals surface area contributed by atoms with E-state index in [1.807, 2.05) is 32.0 Å². The predicted molar refractivity (Wildman–Crippen MR) is 85.9 cm³/mol. The Hall–Kier alpha value is -1.82. The number of imide groups is 1. The Morgan fingerprint density at radius 1 is 1.32 bits per heavy atom. The lowest BCUT2D eigenvalue weighted by Crippen LogP contribution is -2.32. The summed E-state index contributed by atoms with van der Waals surface area (Å²) in [5.41, 5.74) is 2.44. The molecule has 0 aliphatic carbocycles. The summed E-state index contributed by atoms with van der Waals surface area (Å²) in [6.45, 7) is 5.80. The molecule has 0 spiro atoms. The predicted octanol–water partition coefficient (Wildman–Crippen LogP) is 2.23. The third-order valence-electron chi connectivity index (χ3n) is 3.48. The van der Waals surface area contributed by atoms with Gasteiger partial charge in [0.15, 0.2) is 0 Å². The Labute approximate surface area is 134 Å². The summed E-state index contributed by atoms with van der Waals surface area (Å²) >= 11 is 1.17. The molecule has 22 heavy (non-hydrogen) atoms. The molecule has 0 bridgehead atoms. The van der Waals surface area contributed by atoms with Crippen LogP contribution < -0.4 is 4.90 Å². The first-order chi connectivity index (χ1) is 10.5. The first-order valence-corrected chi connectivity index (χ1v) is 8.20. The molecule has 0 saturated carbocycles. The zero-order valence-corrected chi connectivity index (χ0v) is 13.7. The van der Waals surface area contributed by atoms with Crippen molar-refractivity contribution in [2.75, 3.05) is 17.3 Å². The van der Waals surface area contributed by atoms with Gasteiger partial charge in [-0.1, -0.05) is 18.2 Å². The molecule has 2 amide bonds. The number of aryl methyl sites for hydroxylation is 2. The maximum Gasteiger partial charge on any atom is 0.315 e. The molecule has 2 rings (SSSR count). The summed E-state index contributed by atoms with van der Waals surface area (Å²) in [5.74, 6) is -0.753. The van der Waals surface area contributed by atoms with Crippen LogP contribution >= 0.6 is 11.8 Å². The maximum atomic E-state index is 12.5. The van der Waals surface area contributed by atoms with E-state index in [1.54, 1.807) is 6.92 Å². The van der Waals surface area contributed by atoms with E-state index in [1.165, 1.54) is 16.7 Å². The van der Waals surface area contributed by atoms with Crippen LogP contribution in [0.4, 0.5) is 5.69 Å². The second-order valence-electron chi connectivity index (χ2n) is 5.12. The lowest BCUT2D eigenvalue weighted by atomic mass is 10.1. The van der Waals surface area contributed by atoms with E-state index in [2.05, 4.69) is 0 Å². The van der Waals surface area contributed by atoms with Crippen molar-refractivity contribution >= 4 is 35.2 Å². The molecule has 1 aromatic rings. The van der Waals surface area contributed by atoms with Crippen LogP contribution in [0.15, 0.2) is 18.2 Å². The molecule has 1 saturated heterocycles. The van der Waals surface area contributed by atoms with Crippen molar-refractivity contribution in [1.29, 1.82) is 0 Å². The number of anilines is 1. The number of benzene rings is 1. The number of hydrogen-bond acceptors (Lipinski definition) is 5. The molecule has 1 aliphatic rings. The van der Waals surface area contributed by atoms with Crippen LogP contribution in [0.2, 0.25) is 0 Å². The second-order valence-corrected chi connectivity index (χ2v) is 6.31. The Morgan fingerprint density at radius 2 is 1.95 bits per heavy atom. The molecule has 5 nitrogen and oxygen atoms in total. The Bertz CT molecular complexity index is 594. The number of carbonyl (C=O) groups is 3. The van der Waals surface area contributed by atoms with Gasteiger partial charge in [-0.2, -0.15) is 0 Å². The molecular formula is C16H19NO4S. The summed E-state index contributed by atoms with van der Waals surface area (Å²) in [6.07, 6.45) is 0.122. The molecule has 118 valence electrons. The van der Waals surface area contributed by atoms with Gasteiger partial charge in [0.1, 0.15) is 0 Å². The van der Waals surface area contributed by atoms with Gasteiger partial charge >= 0.3 is 5.97 Å². The minimum atomic E-state index is -0.518. The highest BCUT2D eigenvalue weighted by Gasteiger charge is 2.41. The Balaban J connectivity index is 2.14. The highest BCUT2D eigenvalue weighted by Crippen LogP contribution is 2.33. The normalized spacial score (nSPS) is 18.0. The Morgan fingerprint density at radius 3 is 2.55 bits per heavy atom. The van der Waals surface area contributed by atoms with Crippen LogP contribution in [0.1, 0.15) is 24.5 Å². The van der Waals surface area contributed by atoms with Gasteiger partial charge in [-0.05, 0) is 31.9 Å². The van der Waals surface area contributed by atoms with Gasteiger partial charge < -0.3 is 4.74 Å². The molecule has 1 fully saturated rings. The van der Waals surface area contributed by atoms with Crippen LogP contribution in [0.25, 0.3) is 0 Å². The average Bonchev–Trinajstić information content (AvgIpc) is 2.73. The van der Waals surface area contributed by atoms with Crippen molar-refractivity contribution in [3.63, 3.8) is 0 Å². The molecule has 1 heterocycles. The van der Waals surface area contributed by atoms with Gasteiger partial charge in [0.2, 0.25) is 11.8 Å². The molecule has 0 N–H and O–H groups in total. The molecule has 1 atom stereocenters. The Kier molecular flexibility index (Phi) is 5.24. The zero-order valence-electron chi connectivity index (χ0n) is 12.9. The highest BCUT2D eigenvalue weighted by atomic mass is 32.2. The van der Waals surface area contributed by atoms with Gasteiger partial charge in [-0.25, -0.2) is 4.90 Å². The summed E-state index contributed by atoms with van der Waals surface area (Å²) in [4.78, 5) is 37.4. The van der Waals surface area contributed by atoms with Crippen molar-refractivity contribution < 1.29 is 19.1 Å². The van der Waals surface area contributed by atoms with E-state index in [4.69, 9.17) is 4.74 Å². The minimum Gasteiger partial charge on any atom is -0.465 e. The van der Waals surface area contributed by atoms with Gasteiger partial charge in [0, 0.05) is 6.42 Å². The van der Waals surface area contributed by atoms with E-state index < -0.39 is 5.25 Å². The molecule has 0 unspecified atom stereocenters. The summed E-state index contributed by atoms with van der Waals surface area (Å²) in [5, 5.41) is -0.518. The third-order valence-corrected chi connectivity index (χ3v) is 4.65. The van der Waals surface area contributed by atoms with Crippen LogP contribution in [0.5, 0.6) is 0 Å². The maximum absolute atomic E-state index is 12.5. The quantitative estimate of drug-likeness (QED) is 0.615. The summed E-state index contributed by atoms with van der Waals surface area (Å²) in [6, 6.07) is 5.65. The summed E-state index contributed by atoms with van der Waals surface area (Å²) < 4.78 is 4.84. The number of thioether (sulfide) groups is 1. The van der Waals surface area contributed by atoms with Crippen molar-refractivity contribution in [2.24, 2.45) is 0 Å². The monoisotopic (exact) mass is 321 g/mol. The molecular weight excluding hydrogens is 302 g/mol. The highest BCUT2D eigenvalue weighted by molar-refractivity contribution is 8.01. The summed E-state index contributed by atoms with van der Waals surface area (Å²) in [7, 11) is 0. The van der Waals surface area contributed by atoms with Crippen molar-refractivity contribution in [2.45, 2.75) is 32.4 Å². The number of carbonyl (C=O) groups excluding carboxylic acids is 3. The number of para-hydroxylation sites is 1. The van der Waals surface area contributed by atoms with Gasteiger partial charge in [-0.15, -0.1) is 11.8 Å². The van der Waals surface area contributed by atoms with Crippen molar-refractivity contribution in [3.05, 3.63) is 29.3 Å².